The predicted molar refractivity (Wildman–Crippen MR) is 95.7 cm³/mol. The maximum absolute atomic E-state index is 11.8. The number of rotatable bonds is 5. The lowest BCUT2D eigenvalue weighted by molar-refractivity contribution is -0.132. The van der Waals surface area contributed by atoms with Crippen molar-refractivity contribution in [3.8, 4) is 0 Å². The molecule has 1 aromatic carbocycles. The zero-order chi connectivity index (χ0) is 15.1. The Balaban J connectivity index is 0.00000242. The Kier molecular flexibility index (Phi) is 8.54. The molecule has 1 heterocycles. The van der Waals surface area contributed by atoms with Crippen LogP contribution in [0.5, 0.6) is 0 Å². The predicted octanol–water partition coefficient (Wildman–Crippen LogP) is 3.72. The van der Waals surface area contributed by atoms with E-state index in [-0.39, 0.29) is 12.4 Å². The average Bonchev–Trinajstić information content (AvgIpc) is 2.50. The van der Waals surface area contributed by atoms with Crippen molar-refractivity contribution in [2.75, 3.05) is 32.7 Å². The fourth-order valence-electron chi connectivity index (χ4n) is 2.49. The van der Waals surface area contributed by atoms with E-state index in [1.54, 1.807) is 0 Å². The van der Waals surface area contributed by atoms with E-state index in [4.69, 9.17) is 11.6 Å². The van der Waals surface area contributed by atoms with Crippen LogP contribution in [0.25, 0.3) is 6.08 Å². The van der Waals surface area contributed by atoms with E-state index in [0.717, 1.165) is 49.7 Å². The summed E-state index contributed by atoms with van der Waals surface area (Å²) in [5.41, 5.74) is 1.05. The molecule has 0 atom stereocenters. The largest absolute Gasteiger partial charge is 0.340 e. The minimum atomic E-state index is 0. The van der Waals surface area contributed by atoms with Gasteiger partial charge in [0.2, 0.25) is 5.91 Å². The van der Waals surface area contributed by atoms with Crippen LogP contribution in [0, 0.1) is 0 Å². The van der Waals surface area contributed by atoms with Gasteiger partial charge in [-0.3, -0.25) is 9.69 Å². The number of halogens is 2. The number of benzene rings is 1. The van der Waals surface area contributed by atoms with Crippen LogP contribution in [-0.2, 0) is 4.79 Å². The smallest absolute Gasteiger partial charge is 0.222 e. The van der Waals surface area contributed by atoms with Gasteiger partial charge >= 0.3 is 0 Å². The summed E-state index contributed by atoms with van der Waals surface area (Å²) in [6, 6.07) is 7.84. The van der Waals surface area contributed by atoms with E-state index < -0.39 is 0 Å². The van der Waals surface area contributed by atoms with Crippen LogP contribution < -0.4 is 0 Å². The first-order valence-electron chi connectivity index (χ1n) is 7.62. The monoisotopic (exact) mass is 342 g/mol. The normalized spacial score (nSPS) is 15.8. The molecule has 0 unspecified atom stereocenters. The molecule has 0 aliphatic carbocycles. The molecule has 5 heteroatoms. The van der Waals surface area contributed by atoms with Gasteiger partial charge in [-0.2, -0.15) is 0 Å². The molecule has 1 saturated heterocycles. The van der Waals surface area contributed by atoms with Crippen LogP contribution in [0.2, 0.25) is 5.02 Å². The van der Waals surface area contributed by atoms with Crippen molar-refractivity contribution >= 4 is 36.0 Å². The van der Waals surface area contributed by atoms with Crippen molar-refractivity contribution in [2.24, 2.45) is 0 Å². The number of nitrogens with zero attached hydrogens (tertiary/aromatic N) is 2. The zero-order valence-electron chi connectivity index (χ0n) is 13.0. The molecule has 0 aromatic heterocycles. The van der Waals surface area contributed by atoms with Crippen LogP contribution in [0.4, 0.5) is 0 Å². The molecule has 22 heavy (non-hydrogen) atoms. The molecule has 1 aliphatic rings. The van der Waals surface area contributed by atoms with E-state index in [2.05, 4.69) is 17.1 Å². The summed E-state index contributed by atoms with van der Waals surface area (Å²) in [6.07, 6.45) is 5.81. The van der Waals surface area contributed by atoms with E-state index in [1.165, 1.54) is 0 Å². The fraction of sp³-hybridized carbons (Fsp3) is 0.471. The van der Waals surface area contributed by atoms with Crippen LogP contribution in [0.3, 0.4) is 0 Å². The summed E-state index contributed by atoms with van der Waals surface area (Å²) in [7, 11) is 0. The Morgan fingerprint density at radius 1 is 1.23 bits per heavy atom. The Labute approximate surface area is 144 Å². The first-order valence-corrected chi connectivity index (χ1v) is 7.99. The standard InChI is InChI=1S/C17H23ClN2O.ClH/c1-2-6-17(21)20-13-11-19(12-14-20)10-5-8-15-7-3-4-9-16(15)18;/h3-5,7-9H,2,6,10-14H2,1H3;1H/b8-5+;. The van der Waals surface area contributed by atoms with Crippen molar-refractivity contribution < 1.29 is 4.79 Å². The number of piperazine rings is 1. The van der Waals surface area contributed by atoms with Crippen LogP contribution >= 0.6 is 24.0 Å². The van der Waals surface area contributed by atoms with Gasteiger partial charge in [0.1, 0.15) is 0 Å². The molecule has 0 spiro atoms. The van der Waals surface area contributed by atoms with Crippen molar-refractivity contribution in [3.05, 3.63) is 40.9 Å². The minimum Gasteiger partial charge on any atom is -0.340 e. The van der Waals surface area contributed by atoms with Gasteiger partial charge in [0, 0.05) is 44.2 Å². The molecule has 2 rings (SSSR count). The molecule has 122 valence electrons. The summed E-state index contributed by atoms with van der Waals surface area (Å²) in [4.78, 5) is 16.2. The van der Waals surface area contributed by atoms with Gasteiger partial charge in [-0.25, -0.2) is 0 Å². The highest BCUT2D eigenvalue weighted by atomic mass is 35.5. The maximum Gasteiger partial charge on any atom is 0.222 e. The molecule has 0 N–H and O–H groups in total. The third kappa shape index (κ3) is 5.64. The number of hydrogen-bond acceptors (Lipinski definition) is 2. The SMILES string of the molecule is CCCC(=O)N1CCN(C/C=C/c2ccccc2Cl)CC1.Cl. The molecule has 1 aliphatic heterocycles. The first-order chi connectivity index (χ1) is 10.2. The molecule has 1 aromatic rings. The molecular formula is C17H24Cl2N2O. The minimum absolute atomic E-state index is 0. The van der Waals surface area contributed by atoms with E-state index in [9.17, 15) is 4.79 Å². The molecule has 1 fully saturated rings. The van der Waals surface area contributed by atoms with Crippen molar-refractivity contribution in [3.63, 3.8) is 0 Å². The second-order valence-electron chi connectivity index (χ2n) is 5.36. The first kappa shape index (κ1) is 19.0. The number of carbonyl (C=O) groups is 1. The molecule has 0 saturated carbocycles. The maximum atomic E-state index is 11.8. The second-order valence-corrected chi connectivity index (χ2v) is 5.76. The van der Waals surface area contributed by atoms with Crippen molar-refractivity contribution in [2.45, 2.75) is 19.8 Å². The van der Waals surface area contributed by atoms with Crippen molar-refractivity contribution in [1.29, 1.82) is 0 Å². The second kappa shape index (κ2) is 9.88. The van der Waals surface area contributed by atoms with Crippen LogP contribution in [0.1, 0.15) is 25.3 Å². The third-order valence-electron chi connectivity index (χ3n) is 3.76. The van der Waals surface area contributed by atoms with Crippen LogP contribution in [0.15, 0.2) is 30.3 Å². The zero-order valence-corrected chi connectivity index (χ0v) is 14.6. The average molecular weight is 343 g/mol. The lowest BCUT2D eigenvalue weighted by Gasteiger charge is -2.34. The molecular weight excluding hydrogens is 319 g/mol. The van der Waals surface area contributed by atoms with Gasteiger partial charge in [0.15, 0.2) is 0 Å². The van der Waals surface area contributed by atoms with Gasteiger partial charge < -0.3 is 4.90 Å². The molecule has 0 bridgehead atoms. The quantitative estimate of drug-likeness (QED) is 0.814. The van der Waals surface area contributed by atoms with Gasteiger partial charge in [-0.15, -0.1) is 12.4 Å². The molecule has 1 amide bonds. The summed E-state index contributed by atoms with van der Waals surface area (Å²) < 4.78 is 0. The van der Waals surface area contributed by atoms with Gasteiger partial charge in [-0.05, 0) is 18.1 Å². The van der Waals surface area contributed by atoms with Gasteiger partial charge in [-0.1, -0.05) is 48.9 Å². The summed E-state index contributed by atoms with van der Waals surface area (Å²) >= 11 is 6.12. The molecule has 0 radical (unpaired) electrons. The Morgan fingerprint density at radius 2 is 1.91 bits per heavy atom. The van der Waals surface area contributed by atoms with E-state index >= 15 is 0 Å². The third-order valence-corrected chi connectivity index (χ3v) is 4.10. The summed E-state index contributed by atoms with van der Waals surface area (Å²) in [5.74, 6) is 0.295. The highest BCUT2D eigenvalue weighted by Crippen LogP contribution is 2.16. The Hall–Kier alpha value is -1.03. The van der Waals surface area contributed by atoms with Crippen molar-refractivity contribution in [1.82, 2.24) is 9.80 Å². The Morgan fingerprint density at radius 3 is 2.55 bits per heavy atom. The summed E-state index contributed by atoms with van der Waals surface area (Å²) in [6.45, 7) is 6.54. The summed E-state index contributed by atoms with van der Waals surface area (Å²) in [5, 5.41) is 0.781. The van der Waals surface area contributed by atoms with E-state index in [1.807, 2.05) is 36.1 Å². The number of carbonyl (C=O) groups excluding carboxylic acids is 1. The Bertz CT molecular complexity index is 497. The van der Waals surface area contributed by atoms with Crippen LogP contribution in [-0.4, -0.2) is 48.4 Å². The highest BCUT2D eigenvalue weighted by Gasteiger charge is 2.19. The lowest BCUT2D eigenvalue weighted by atomic mass is 10.2. The topological polar surface area (TPSA) is 23.6 Å². The molecule has 3 nitrogen and oxygen atoms in total. The van der Waals surface area contributed by atoms with Gasteiger partial charge in [0.05, 0.1) is 0 Å². The highest BCUT2D eigenvalue weighted by molar-refractivity contribution is 6.32. The fourth-order valence-corrected chi connectivity index (χ4v) is 2.69. The lowest BCUT2D eigenvalue weighted by Crippen LogP contribution is -2.48. The number of amides is 1. The van der Waals surface area contributed by atoms with E-state index in [0.29, 0.717) is 12.3 Å². The number of hydrogen-bond donors (Lipinski definition) is 0. The van der Waals surface area contributed by atoms with Gasteiger partial charge in [0.25, 0.3) is 0 Å².